The molecule has 0 saturated carbocycles. The average Bonchev–Trinajstić information content (AvgIpc) is 2.91. The molecule has 0 unspecified atom stereocenters. The van der Waals surface area contributed by atoms with Gasteiger partial charge in [0.1, 0.15) is 0 Å². The minimum Gasteiger partial charge on any atom is -0.216 e. The Labute approximate surface area is 140 Å². The third kappa shape index (κ3) is 1.44. The number of imidazole rings is 2. The summed E-state index contributed by atoms with van der Waals surface area (Å²) in [5.41, 5.74) is 5.50. The van der Waals surface area contributed by atoms with Gasteiger partial charge in [0.2, 0.25) is 0 Å². The third-order valence-corrected chi connectivity index (χ3v) is 5.68. The topological polar surface area (TPSA) is 17.6 Å². The predicted octanol–water partition coefficient (Wildman–Crippen LogP) is 2.65. The Morgan fingerprint density at radius 1 is 0.625 bits per heavy atom. The first kappa shape index (κ1) is 12.8. The fourth-order valence-electron chi connectivity index (χ4n) is 4.75. The summed E-state index contributed by atoms with van der Waals surface area (Å²) in [4.78, 5) is 0. The van der Waals surface area contributed by atoms with Crippen molar-refractivity contribution in [3.8, 4) is 11.6 Å². The highest BCUT2D eigenvalue weighted by atomic mass is 15.3. The summed E-state index contributed by atoms with van der Waals surface area (Å²) in [7, 11) is 0. The number of fused-ring (bicyclic) bond motifs is 6. The normalized spacial score (nSPS) is 16.2. The number of para-hydroxylation sites is 4. The molecule has 0 N–H and O–H groups in total. The molecule has 24 heavy (non-hydrogen) atoms. The standard InChI is InChI=1S/C20H20N4/c1-2-8-16-15(7-1)21-11-5-13-23-17-9-3-4-10-18(17)24-14-6-12-22(16)19(21)20(23)24/h1-4,7-10H,5-6,11-14H2/q+2. The molecule has 0 fully saturated rings. The van der Waals surface area contributed by atoms with Crippen molar-refractivity contribution in [1.82, 2.24) is 9.13 Å². The van der Waals surface area contributed by atoms with E-state index >= 15 is 0 Å². The molecule has 0 radical (unpaired) electrons. The van der Waals surface area contributed by atoms with Gasteiger partial charge in [-0.3, -0.25) is 0 Å². The van der Waals surface area contributed by atoms with Crippen LogP contribution in [-0.4, -0.2) is 9.13 Å². The molecule has 118 valence electrons. The third-order valence-electron chi connectivity index (χ3n) is 5.68. The fraction of sp³-hybridized carbons (Fsp3) is 0.300. The number of rotatable bonds is 0. The molecule has 4 heterocycles. The molecule has 0 spiro atoms. The van der Waals surface area contributed by atoms with Gasteiger partial charge in [-0.15, -0.1) is 0 Å². The van der Waals surface area contributed by atoms with Crippen LogP contribution in [-0.2, 0) is 26.2 Å². The van der Waals surface area contributed by atoms with Gasteiger partial charge in [-0.05, 0) is 24.3 Å². The molecule has 2 aliphatic heterocycles. The molecule has 0 saturated heterocycles. The van der Waals surface area contributed by atoms with Crippen LogP contribution in [0.4, 0.5) is 0 Å². The van der Waals surface area contributed by atoms with Crippen LogP contribution in [0.25, 0.3) is 33.7 Å². The van der Waals surface area contributed by atoms with E-state index in [2.05, 4.69) is 66.8 Å². The number of nitrogens with zero attached hydrogens (tertiary/aromatic N) is 4. The van der Waals surface area contributed by atoms with Gasteiger partial charge < -0.3 is 0 Å². The number of aromatic nitrogens is 4. The van der Waals surface area contributed by atoms with Crippen molar-refractivity contribution >= 4 is 22.1 Å². The quantitative estimate of drug-likeness (QED) is 0.444. The summed E-state index contributed by atoms with van der Waals surface area (Å²) in [5.74, 6) is 2.78. The van der Waals surface area contributed by atoms with Crippen molar-refractivity contribution in [2.24, 2.45) is 0 Å². The molecule has 2 aromatic heterocycles. The summed E-state index contributed by atoms with van der Waals surface area (Å²) >= 11 is 0. The van der Waals surface area contributed by atoms with Crippen molar-refractivity contribution in [3.63, 3.8) is 0 Å². The van der Waals surface area contributed by atoms with Gasteiger partial charge in [0, 0.05) is 12.8 Å². The van der Waals surface area contributed by atoms with Crippen LogP contribution in [0.3, 0.4) is 0 Å². The van der Waals surface area contributed by atoms with Gasteiger partial charge in [-0.2, -0.15) is 0 Å². The van der Waals surface area contributed by atoms with E-state index in [0.29, 0.717) is 0 Å². The summed E-state index contributed by atoms with van der Waals surface area (Å²) in [6.45, 7) is 4.38. The summed E-state index contributed by atoms with van der Waals surface area (Å²) in [6, 6.07) is 17.8. The largest absolute Gasteiger partial charge is 0.374 e. The zero-order valence-electron chi connectivity index (χ0n) is 13.7. The maximum absolute atomic E-state index is 2.55. The molecule has 0 aliphatic carbocycles. The van der Waals surface area contributed by atoms with Crippen molar-refractivity contribution in [3.05, 3.63) is 48.5 Å². The molecule has 0 atom stereocenters. The van der Waals surface area contributed by atoms with Gasteiger partial charge in [0.25, 0.3) is 0 Å². The first-order valence-electron chi connectivity index (χ1n) is 8.96. The van der Waals surface area contributed by atoms with Crippen LogP contribution in [0.15, 0.2) is 48.5 Å². The SMILES string of the molecule is c1ccc2c(c1)n1c3[n+]2CCC[n+]2c-3n(c3ccccc32)CCC1. The van der Waals surface area contributed by atoms with E-state index in [9.17, 15) is 0 Å². The lowest BCUT2D eigenvalue weighted by atomic mass is 10.3. The predicted molar refractivity (Wildman–Crippen MR) is 92.5 cm³/mol. The van der Waals surface area contributed by atoms with Crippen molar-refractivity contribution in [2.75, 3.05) is 0 Å². The number of benzene rings is 2. The van der Waals surface area contributed by atoms with Crippen molar-refractivity contribution < 1.29 is 9.13 Å². The van der Waals surface area contributed by atoms with E-state index in [4.69, 9.17) is 0 Å². The molecular weight excluding hydrogens is 296 g/mol. The zero-order valence-corrected chi connectivity index (χ0v) is 13.7. The van der Waals surface area contributed by atoms with E-state index in [0.717, 1.165) is 26.2 Å². The molecule has 2 aromatic carbocycles. The number of hydrogen-bond acceptors (Lipinski definition) is 0. The van der Waals surface area contributed by atoms with Crippen molar-refractivity contribution in [2.45, 2.75) is 39.0 Å². The van der Waals surface area contributed by atoms with E-state index in [1.165, 1.54) is 46.6 Å². The Hall–Kier alpha value is -2.62. The highest BCUT2D eigenvalue weighted by Gasteiger charge is 2.41. The lowest BCUT2D eigenvalue weighted by Gasteiger charge is -1.97. The second-order valence-electron chi connectivity index (χ2n) is 6.94. The van der Waals surface area contributed by atoms with E-state index < -0.39 is 0 Å². The van der Waals surface area contributed by atoms with Crippen LogP contribution < -0.4 is 9.13 Å². The minimum absolute atomic E-state index is 1.10. The highest BCUT2D eigenvalue weighted by Crippen LogP contribution is 2.30. The molecule has 2 aliphatic rings. The van der Waals surface area contributed by atoms with E-state index in [1.54, 1.807) is 0 Å². The zero-order chi connectivity index (χ0) is 15.7. The molecule has 4 nitrogen and oxygen atoms in total. The molecule has 4 heteroatoms. The minimum atomic E-state index is 1.10. The Morgan fingerprint density at radius 3 is 1.67 bits per heavy atom. The molecule has 6 rings (SSSR count). The van der Waals surface area contributed by atoms with Gasteiger partial charge >= 0.3 is 11.6 Å². The monoisotopic (exact) mass is 316 g/mol. The number of aryl methyl sites for hydroxylation is 4. The van der Waals surface area contributed by atoms with Crippen LogP contribution >= 0.6 is 0 Å². The second-order valence-corrected chi connectivity index (χ2v) is 6.94. The van der Waals surface area contributed by atoms with Crippen molar-refractivity contribution in [1.29, 1.82) is 0 Å². The highest BCUT2D eigenvalue weighted by molar-refractivity contribution is 5.78. The van der Waals surface area contributed by atoms with Crippen LogP contribution in [0.2, 0.25) is 0 Å². The van der Waals surface area contributed by atoms with Gasteiger partial charge in [0.05, 0.1) is 26.2 Å². The maximum Gasteiger partial charge on any atom is 0.374 e. The van der Waals surface area contributed by atoms with Gasteiger partial charge in [-0.1, -0.05) is 24.3 Å². The summed E-state index contributed by atoms with van der Waals surface area (Å²) in [6.07, 6.45) is 2.36. The Morgan fingerprint density at radius 2 is 1.12 bits per heavy atom. The summed E-state index contributed by atoms with van der Waals surface area (Å²) < 4.78 is 10.2. The first-order chi connectivity index (χ1) is 11.9. The van der Waals surface area contributed by atoms with Gasteiger partial charge in [-0.25, -0.2) is 18.3 Å². The van der Waals surface area contributed by atoms with Gasteiger partial charge in [0.15, 0.2) is 22.1 Å². The summed E-state index contributed by atoms with van der Waals surface area (Å²) in [5, 5.41) is 0. The molecule has 0 bridgehead atoms. The maximum atomic E-state index is 2.55. The van der Waals surface area contributed by atoms with E-state index in [1.807, 2.05) is 0 Å². The molecular formula is C20H20N4+2. The molecule has 4 aromatic rings. The second kappa shape index (κ2) is 4.47. The average molecular weight is 316 g/mol. The molecule has 0 amide bonds. The first-order valence-corrected chi connectivity index (χ1v) is 8.96. The smallest absolute Gasteiger partial charge is 0.216 e. The Kier molecular flexibility index (Phi) is 2.38. The van der Waals surface area contributed by atoms with Crippen LogP contribution in [0, 0.1) is 0 Å². The van der Waals surface area contributed by atoms with E-state index in [-0.39, 0.29) is 0 Å². The fourth-order valence-corrected chi connectivity index (χ4v) is 4.75. The van der Waals surface area contributed by atoms with Crippen LogP contribution in [0.1, 0.15) is 12.8 Å². The Balaban J connectivity index is 1.86. The van der Waals surface area contributed by atoms with Crippen LogP contribution in [0.5, 0.6) is 0 Å². The number of hydrogen-bond donors (Lipinski definition) is 0. The Bertz CT molecular complexity index is 944. The lowest BCUT2D eigenvalue weighted by Crippen LogP contribution is -2.37. The lowest BCUT2D eigenvalue weighted by molar-refractivity contribution is -0.662.